The Kier molecular flexibility index (Phi) is 4.36. The molecule has 0 saturated carbocycles. The highest BCUT2D eigenvalue weighted by atomic mass is 79.9. The van der Waals surface area contributed by atoms with Gasteiger partial charge < -0.3 is 5.32 Å². The van der Waals surface area contributed by atoms with Crippen molar-refractivity contribution in [3.63, 3.8) is 0 Å². The Morgan fingerprint density at radius 2 is 1.90 bits per heavy atom. The van der Waals surface area contributed by atoms with Gasteiger partial charge in [0.25, 0.3) is 0 Å². The van der Waals surface area contributed by atoms with Crippen molar-refractivity contribution in [1.82, 2.24) is 0 Å². The van der Waals surface area contributed by atoms with Gasteiger partial charge in [0.05, 0.1) is 0 Å². The van der Waals surface area contributed by atoms with E-state index in [0.29, 0.717) is 12.1 Å². The summed E-state index contributed by atoms with van der Waals surface area (Å²) in [5.41, 5.74) is 2.80. The molecule has 0 fully saturated rings. The molecule has 3 aromatic rings. The molecule has 0 aliphatic carbocycles. The van der Waals surface area contributed by atoms with E-state index in [2.05, 4.69) is 38.8 Å². The van der Waals surface area contributed by atoms with Crippen molar-refractivity contribution in [2.45, 2.75) is 6.54 Å². The van der Waals surface area contributed by atoms with Gasteiger partial charge in [-0.1, -0.05) is 40.2 Å². The van der Waals surface area contributed by atoms with E-state index in [4.69, 9.17) is 0 Å². The Hall–Kier alpha value is -1.65. The van der Waals surface area contributed by atoms with Crippen LogP contribution in [0.4, 0.5) is 10.1 Å². The fourth-order valence-electron chi connectivity index (χ4n) is 2.15. The van der Waals surface area contributed by atoms with Crippen LogP contribution in [0.25, 0.3) is 10.4 Å². The third kappa shape index (κ3) is 3.34. The number of benzene rings is 2. The van der Waals surface area contributed by atoms with Crippen LogP contribution in [0.1, 0.15) is 5.56 Å². The smallest absolute Gasteiger partial charge is 0.128 e. The van der Waals surface area contributed by atoms with Gasteiger partial charge in [-0.25, -0.2) is 4.39 Å². The van der Waals surface area contributed by atoms with E-state index in [1.54, 1.807) is 23.5 Å². The van der Waals surface area contributed by atoms with Crippen LogP contribution in [0.3, 0.4) is 0 Å². The second kappa shape index (κ2) is 6.41. The average molecular weight is 362 g/mol. The maximum Gasteiger partial charge on any atom is 0.128 e. The molecule has 0 atom stereocenters. The molecule has 2 aromatic carbocycles. The van der Waals surface area contributed by atoms with Crippen molar-refractivity contribution >= 4 is 33.0 Å². The molecule has 1 heterocycles. The minimum Gasteiger partial charge on any atom is -0.380 e. The van der Waals surface area contributed by atoms with Crippen LogP contribution >= 0.6 is 27.3 Å². The lowest BCUT2D eigenvalue weighted by atomic mass is 10.1. The van der Waals surface area contributed by atoms with Gasteiger partial charge in [0.15, 0.2) is 0 Å². The van der Waals surface area contributed by atoms with Crippen molar-refractivity contribution < 1.29 is 4.39 Å². The van der Waals surface area contributed by atoms with Crippen LogP contribution in [-0.4, -0.2) is 0 Å². The predicted octanol–water partition coefficient (Wildman–Crippen LogP) is 5.93. The molecule has 0 bridgehead atoms. The molecule has 1 aromatic heterocycles. The number of anilines is 1. The number of halogens is 2. The Labute approximate surface area is 135 Å². The van der Waals surface area contributed by atoms with Crippen LogP contribution in [0.5, 0.6) is 0 Å². The second-order valence-corrected chi connectivity index (χ2v) is 6.48. The normalized spacial score (nSPS) is 10.6. The first-order valence-electron chi connectivity index (χ1n) is 6.55. The van der Waals surface area contributed by atoms with Crippen molar-refractivity contribution in [1.29, 1.82) is 0 Å². The average Bonchev–Trinajstić information content (AvgIpc) is 3.03. The molecule has 0 saturated heterocycles. The van der Waals surface area contributed by atoms with Crippen LogP contribution in [0.2, 0.25) is 0 Å². The molecule has 4 heteroatoms. The van der Waals surface area contributed by atoms with Crippen LogP contribution in [-0.2, 0) is 6.54 Å². The quantitative estimate of drug-likeness (QED) is 0.607. The fourth-order valence-corrected chi connectivity index (χ4v) is 3.33. The van der Waals surface area contributed by atoms with Gasteiger partial charge in [-0.3, -0.25) is 0 Å². The van der Waals surface area contributed by atoms with Crippen molar-refractivity contribution in [3.8, 4) is 10.4 Å². The Morgan fingerprint density at radius 1 is 1.05 bits per heavy atom. The highest BCUT2D eigenvalue weighted by Crippen LogP contribution is 2.31. The summed E-state index contributed by atoms with van der Waals surface area (Å²) < 4.78 is 14.7. The molecule has 0 spiro atoms. The molecule has 106 valence electrons. The molecule has 0 aliphatic rings. The number of rotatable bonds is 4. The first-order valence-corrected chi connectivity index (χ1v) is 8.22. The summed E-state index contributed by atoms with van der Waals surface area (Å²) in [7, 11) is 0. The predicted molar refractivity (Wildman–Crippen MR) is 91.2 cm³/mol. The van der Waals surface area contributed by atoms with Crippen LogP contribution < -0.4 is 5.32 Å². The minimum absolute atomic E-state index is 0.195. The van der Waals surface area contributed by atoms with Gasteiger partial charge in [-0.15, -0.1) is 11.3 Å². The number of hydrogen-bond donors (Lipinski definition) is 1. The van der Waals surface area contributed by atoms with Gasteiger partial charge in [0.2, 0.25) is 0 Å². The summed E-state index contributed by atoms with van der Waals surface area (Å²) in [4.78, 5) is 1.20. The first-order chi connectivity index (χ1) is 10.2. The van der Waals surface area contributed by atoms with E-state index in [1.165, 1.54) is 10.9 Å². The van der Waals surface area contributed by atoms with E-state index >= 15 is 0 Å². The molecule has 21 heavy (non-hydrogen) atoms. The van der Waals surface area contributed by atoms with E-state index in [0.717, 1.165) is 15.7 Å². The van der Waals surface area contributed by atoms with Crippen molar-refractivity contribution in [2.24, 2.45) is 0 Å². The molecule has 1 N–H and O–H groups in total. The zero-order chi connectivity index (χ0) is 14.7. The number of nitrogens with one attached hydrogen (secondary N) is 1. The van der Waals surface area contributed by atoms with E-state index in [9.17, 15) is 4.39 Å². The summed E-state index contributed by atoms with van der Waals surface area (Å²) in [6, 6.07) is 17.2. The Bertz CT molecular complexity index is 740. The lowest BCUT2D eigenvalue weighted by Crippen LogP contribution is -2.02. The van der Waals surface area contributed by atoms with E-state index in [-0.39, 0.29) is 5.82 Å². The van der Waals surface area contributed by atoms with Crippen LogP contribution in [0, 0.1) is 5.82 Å². The summed E-state index contributed by atoms with van der Waals surface area (Å²) in [6.45, 7) is 0.452. The van der Waals surface area contributed by atoms with E-state index in [1.807, 2.05) is 24.3 Å². The number of para-hydroxylation sites is 1. The molecule has 0 amide bonds. The zero-order valence-corrected chi connectivity index (χ0v) is 13.5. The Balaban J connectivity index is 1.84. The van der Waals surface area contributed by atoms with Gasteiger partial charge >= 0.3 is 0 Å². The largest absolute Gasteiger partial charge is 0.380 e. The Morgan fingerprint density at radius 3 is 2.71 bits per heavy atom. The highest BCUT2D eigenvalue weighted by Gasteiger charge is 2.07. The maximum atomic E-state index is 13.8. The summed E-state index contributed by atoms with van der Waals surface area (Å²) in [5, 5.41) is 5.39. The van der Waals surface area contributed by atoms with Crippen LogP contribution in [0.15, 0.2) is 64.5 Å². The summed E-state index contributed by atoms with van der Waals surface area (Å²) in [5.74, 6) is -0.195. The number of thiophene rings is 1. The van der Waals surface area contributed by atoms with Gasteiger partial charge in [0, 0.05) is 32.7 Å². The van der Waals surface area contributed by atoms with Crippen molar-refractivity contribution in [2.75, 3.05) is 5.32 Å². The first kappa shape index (κ1) is 14.3. The third-order valence-corrected chi connectivity index (χ3v) is 4.59. The standard InChI is InChI=1S/C17H13BrFNS/c18-13-7-8-15(19)12(10-13)11-20-16-5-2-1-4-14(16)17-6-3-9-21-17/h1-10,20H,11H2. The maximum absolute atomic E-state index is 13.8. The molecule has 1 nitrogen and oxygen atoms in total. The van der Waals surface area contributed by atoms with Gasteiger partial charge in [0.1, 0.15) is 5.82 Å². The van der Waals surface area contributed by atoms with Gasteiger partial charge in [-0.05, 0) is 35.7 Å². The summed E-state index contributed by atoms with van der Waals surface area (Å²) >= 11 is 5.07. The third-order valence-electron chi connectivity index (χ3n) is 3.19. The second-order valence-electron chi connectivity index (χ2n) is 4.61. The van der Waals surface area contributed by atoms with Crippen molar-refractivity contribution in [3.05, 3.63) is 75.8 Å². The highest BCUT2D eigenvalue weighted by molar-refractivity contribution is 9.10. The monoisotopic (exact) mass is 361 g/mol. The lowest BCUT2D eigenvalue weighted by Gasteiger charge is -2.12. The van der Waals surface area contributed by atoms with E-state index < -0.39 is 0 Å². The topological polar surface area (TPSA) is 12.0 Å². The zero-order valence-electron chi connectivity index (χ0n) is 11.1. The molecule has 0 aliphatic heterocycles. The fraction of sp³-hybridized carbons (Fsp3) is 0.0588. The number of hydrogen-bond acceptors (Lipinski definition) is 2. The molecule has 3 rings (SSSR count). The SMILES string of the molecule is Fc1ccc(Br)cc1CNc1ccccc1-c1cccs1. The molecular formula is C17H13BrFNS. The van der Waals surface area contributed by atoms with Gasteiger partial charge in [-0.2, -0.15) is 0 Å². The molecule has 0 unspecified atom stereocenters. The lowest BCUT2D eigenvalue weighted by molar-refractivity contribution is 0.612. The summed E-state index contributed by atoms with van der Waals surface area (Å²) in [6.07, 6.45) is 0. The minimum atomic E-state index is -0.195. The molecular weight excluding hydrogens is 349 g/mol. The molecule has 0 radical (unpaired) electrons.